The van der Waals surface area contributed by atoms with Crippen molar-refractivity contribution in [2.45, 2.75) is 13.3 Å². The van der Waals surface area contributed by atoms with Crippen LogP contribution in [0.2, 0.25) is 0 Å². The van der Waals surface area contributed by atoms with Crippen LogP contribution < -0.4 is 51.4 Å². The first-order chi connectivity index (χ1) is 7.65. The second kappa shape index (κ2) is 12.0. The fraction of sp³-hybridized carbons (Fsp3) is 0.300. The minimum absolute atomic E-state index is 0. The van der Waals surface area contributed by atoms with Crippen molar-refractivity contribution in [3.63, 3.8) is 0 Å². The van der Waals surface area contributed by atoms with Crippen molar-refractivity contribution >= 4 is 5.97 Å². The zero-order valence-electron chi connectivity index (χ0n) is 9.75. The summed E-state index contributed by atoms with van der Waals surface area (Å²) in [6, 6.07) is 5.99. The van der Waals surface area contributed by atoms with Crippen LogP contribution in [0.15, 0.2) is 29.6 Å². The zero-order valence-corrected chi connectivity index (χ0v) is 12.9. The molecule has 0 bridgehead atoms. The third-order valence-electron chi connectivity index (χ3n) is 1.54. The predicted molar refractivity (Wildman–Crippen MR) is 57.8 cm³/mol. The van der Waals surface area contributed by atoms with Gasteiger partial charge in [0.15, 0.2) is 0 Å². The number of phenolic OH excluding ortho intramolecular Hbond substituents is 1. The number of carbonyl (C=O) groups is 1. The summed E-state index contributed by atoms with van der Waals surface area (Å²) in [6.45, 7) is 2.36. The number of aromatic hydroxyl groups is 1. The number of esters is 1. The Morgan fingerprint density at radius 2 is 1.88 bits per heavy atom. The van der Waals surface area contributed by atoms with Gasteiger partial charge >= 0.3 is 57.4 Å². The van der Waals surface area contributed by atoms with E-state index in [9.17, 15) is 4.79 Å². The molecule has 0 atom stereocenters. The fourth-order valence-electron chi connectivity index (χ4n) is 0.876. The fourth-order valence-corrected chi connectivity index (χ4v) is 0.876. The maximum Gasteiger partial charge on any atom is 1.00 e. The van der Waals surface area contributed by atoms with E-state index in [0.29, 0.717) is 12.2 Å². The molecule has 0 saturated heterocycles. The van der Waals surface area contributed by atoms with Crippen LogP contribution >= 0.6 is 0 Å². The Kier molecular flexibility index (Phi) is 13.3. The van der Waals surface area contributed by atoms with E-state index in [0.717, 1.165) is 11.8 Å². The van der Waals surface area contributed by atoms with Crippen LogP contribution in [0.3, 0.4) is 0 Å². The SMILES string of the molecule is CCCOC(=O)c1ccc(O)cc1.O=N[O-].[K+]. The van der Waals surface area contributed by atoms with Crippen LogP contribution in [0.25, 0.3) is 0 Å². The Balaban J connectivity index is 0. The first-order valence-electron chi connectivity index (χ1n) is 4.56. The average molecular weight is 265 g/mol. The van der Waals surface area contributed by atoms with Gasteiger partial charge in [0.1, 0.15) is 5.75 Å². The Morgan fingerprint density at radius 1 is 1.41 bits per heavy atom. The Hall–Kier alpha value is -0.474. The second-order valence-electron chi connectivity index (χ2n) is 2.76. The summed E-state index contributed by atoms with van der Waals surface area (Å²) >= 11 is 0. The number of ether oxygens (including phenoxy) is 1. The van der Waals surface area contributed by atoms with Gasteiger partial charge in [-0.15, -0.1) is 5.34 Å². The van der Waals surface area contributed by atoms with Crippen LogP contribution in [0.4, 0.5) is 0 Å². The molecule has 0 heterocycles. The first kappa shape index (κ1) is 18.9. The molecule has 88 valence electrons. The molecule has 0 radical (unpaired) electrons. The van der Waals surface area contributed by atoms with Crippen LogP contribution in [0.5, 0.6) is 5.75 Å². The smallest absolute Gasteiger partial charge is 0.508 e. The van der Waals surface area contributed by atoms with Crippen molar-refractivity contribution in [3.05, 3.63) is 39.9 Å². The van der Waals surface area contributed by atoms with Crippen molar-refractivity contribution in [1.82, 2.24) is 0 Å². The van der Waals surface area contributed by atoms with Crippen molar-refractivity contribution in [3.8, 4) is 5.75 Å². The number of phenols is 1. The van der Waals surface area contributed by atoms with Crippen LogP contribution in [-0.2, 0) is 4.74 Å². The summed E-state index contributed by atoms with van der Waals surface area (Å²) in [6.07, 6.45) is 0.809. The molecule has 17 heavy (non-hydrogen) atoms. The molecular weight excluding hydrogens is 253 g/mol. The number of hydrogen-bond acceptors (Lipinski definition) is 6. The van der Waals surface area contributed by atoms with Crippen LogP contribution in [-0.4, -0.2) is 17.7 Å². The summed E-state index contributed by atoms with van der Waals surface area (Å²) in [4.78, 5) is 19.2. The van der Waals surface area contributed by atoms with Gasteiger partial charge in [0, 0.05) is 0 Å². The summed E-state index contributed by atoms with van der Waals surface area (Å²) in [5.74, 6) is -0.200. The van der Waals surface area contributed by atoms with E-state index >= 15 is 0 Å². The predicted octanol–water partition coefficient (Wildman–Crippen LogP) is -0.786. The molecule has 1 aromatic carbocycles. The topological polar surface area (TPSA) is 99.0 Å². The number of nitrogens with zero attached hydrogens (tertiary/aromatic N) is 1. The van der Waals surface area contributed by atoms with E-state index in [-0.39, 0.29) is 63.1 Å². The standard InChI is InChI=1S/C10H12O3.K.HNO2/c1-2-7-13-10(12)8-3-5-9(11)6-4-8;;2-1-3/h3-6,11H,2,7H2,1H3;;(H,2,3)/q;+1;/p-1. The third kappa shape index (κ3) is 9.25. The van der Waals surface area contributed by atoms with Gasteiger partial charge in [-0.25, -0.2) is 4.79 Å². The van der Waals surface area contributed by atoms with Crippen LogP contribution in [0, 0.1) is 10.1 Å². The Morgan fingerprint density at radius 3 is 2.29 bits per heavy atom. The summed E-state index contributed by atoms with van der Waals surface area (Å²) in [5, 5.41) is 18.0. The van der Waals surface area contributed by atoms with E-state index in [2.05, 4.69) is 0 Å². The van der Waals surface area contributed by atoms with Crippen molar-refractivity contribution in [2.75, 3.05) is 6.61 Å². The van der Waals surface area contributed by atoms with Gasteiger partial charge in [0.05, 0.1) is 12.2 Å². The first-order valence-corrected chi connectivity index (χ1v) is 4.56. The molecule has 0 aliphatic carbocycles. The molecule has 0 aromatic heterocycles. The maximum absolute atomic E-state index is 11.2. The number of rotatable bonds is 3. The minimum Gasteiger partial charge on any atom is -0.508 e. The summed E-state index contributed by atoms with van der Waals surface area (Å²) in [7, 11) is 0. The molecular formula is C10H12KNO5. The average Bonchev–Trinajstić information content (AvgIpc) is 2.28. The number of benzene rings is 1. The molecule has 0 aliphatic heterocycles. The quantitative estimate of drug-likeness (QED) is 0.334. The molecule has 0 spiro atoms. The van der Waals surface area contributed by atoms with Gasteiger partial charge in [-0.3, -0.25) is 0 Å². The normalized spacial score (nSPS) is 8.06. The monoisotopic (exact) mass is 265 g/mol. The van der Waals surface area contributed by atoms with Crippen molar-refractivity contribution in [1.29, 1.82) is 0 Å². The van der Waals surface area contributed by atoms with Gasteiger partial charge in [0.25, 0.3) is 0 Å². The molecule has 0 saturated carbocycles. The van der Waals surface area contributed by atoms with E-state index < -0.39 is 0 Å². The van der Waals surface area contributed by atoms with Gasteiger partial charge in [-0.1, -0.05) is 6.92 Å². The van der Waals surface area contributed by atoms with Gasteiger partial charge in [-0.05, 0) is 30.7 Å². The largest absolute Gasteiger partial charge is 1.00 e. The van der Waals surface area contributed by atoms with Gasteiger partial charge in [-0.2, -0.15) is 0 Å². The van der Waals surface area contributed by atoms with E-state index in [1.165, 1.54) is 24.3 Å². The van der Waals surface area contributed by atoms with Gasteiger partial charge < -0.3 is 20.0 Å². The minimum atomic E-state index is -0.346. The molecule has 6 nitrogen and oxygen atoms in total. The number of carbonyl (C=O) groups excluding carboxylic acids is 1. The molecule has 1 aromatic rings. The van der Waals surface area contributed by atoms with Crippen LogP contribution in [0.1, 0.15) is 23.7 Å². The van der Waals surface area contributed by atoms with Gasteiger partial charge in [0.2, 0.25) is 0 Å². The third-order valence-corrected chi connectivity index (χ3v) is 1.54. The van der Waals surface area contributed by atoms with E-state index in [1.807, 2.05) is 6.92 Å². The molecule has 1 N–H and O–H groups in total. The Labute approximate surface area is 141 Å². The molecule has 0 unspecified atom stereocenters. The zero-order chi connectivity index (χ0) is 12.4. The number of hydrogen-bond donors (Lipinski definition) is 1. The van der Waals surface area contributed by atoms with E-state index in [1.54, 1.807) is 0 Å². The Bertz CT molecular complexity index is 328. The molecule has 1 rings (SSSR count). The van der Waals surface area contributed by atoms with E-state index in [4.69, 9.17) is 20.0 Å². The second-order valence-corrected chi connectivity index (χ2v) is 2.76. The molecule has 0 aliphatic rings. The molecule has 0 amide bonds. The summed E-state index contributed by atoms with van der Waals surface area (Å²) < 4.78 is 4.90. The molecule has 0 fully saturated rings. The van der Waals surface area contributed by atoms with Crippen molar-refractivity contribution in [2.24, 2.45) is 5.34 Å². The van der Waals surface area contributed by atoms with Crippen molar-refractivity contribution < 1.29 is 66.0 Å². The summed E-state index contributed by atoms with van der Waals surface area (Å²) in [5.41, 5.74) is 0.464. The maximum atomic E-state index is 11.2. The molecule has 7 heteroatoms.